The van der Waals surface area contributed by atoms with Crippen LogP contribution in [0.3, 0.4) is 0 Å². The third-order valence-electron chi connectivity index (χ3n) is 14.9. The number of carbonyl (C=O) groups is 8. The summed E-state index contributed by atoms with van der Waals surface area (Å²) in [6.07, 6.45) is 5.68. The molecule has 4 heterocycles. The normalized spacial score (nSPS) is 17.6. The second-order valence-corrected chi connectivity index (χ2v) is 20.5. The highest BCUT2D eigenvalue weighted by atomic mass is 16.6. The Hall–Kier alpha value is -8.73. The first-order valence-corrected chi connectivity index (χ1v) is 26.3. The minimum atomic E-state index is -1.44. The number of unbranched alkanes of at least 4 members (excludes halogenated alkanes) is 1. The molecule has 0 saturated heterocycles. The van der Waals surface area contributed by atoms with Gasteiger partial charge in [-0.15, -0.1) is 0 Å². The number of methoxy groups -OCH3 is 1. The van der Waals surface area contributed by atoms with Gasteiger partial charge in [0.1, 0.15) is 19.0 Å². The molecule has 2 N–H and O–H groups in total. The summed E-state index contributed by atoms with van der Waals surface area (Å²) in [5.41, 5.74) is 8.92. The van der Waals surface area contributed by atoms with Gasteiger partial charge in [-0.1, -0.05) is 43.3 Å². The molecule has 78 heavy (non-hydrogen) atoms. The van der Waals surface area contributed by atoms with Crippen LogP contribution in [0.2, 0.25) is 0 Å². The van der Waals surface area contributed by atoms with E-state index in [1.54, 1.807) is 49.1 Å². The Morgan fingerprint density at radius 2 is 1.37 bits per heavy atom. The molecule has 1 aliphatic carbocycles. The van der Waals surface area contributed by atoms with Gasteiger partial charge in [-0.25, -0.2) is 0 Å². The van der Waals surface area contributed by atoms with Crippen molar-refractivity contribution in [3.8, 4) is 17.2 Å². The molecule has 0 unspecified atom stereocenters. The van der Waals surface area contributed by atoms with Crippen LogP contribution in [-0.4, -0.2) is 84.5 Å². The van der Waals surface area contributed by atoms with E-state index in [1.165, 1.54) is 7.11 Å². The fourth-order valence-electron chi connectivity index (χ4n) is 10.8. The van der Waals surface area contributed by atoms with E-state index < -0.39 is 47.4 Å². The van der Waals surface area contributed by atoms with Crippen molar-refractivity contribution < 1.29 is 57.3 Å². The van der Waals surface area contributed by atoms with E-state index in [9.17, 15) is 38.4 Å². The standard InChI is InChI=1S/C61H59N5O12/c1-34-21-46-47(62-31-44-27-41-12-6-8-14-49(41)66(44)61(46)74)30-53(34)76-32-37-23-38(33-77-55-28-39-17-18-43-26-40-11-5-7-13-48(40)65(43)60(73)45(39)29-54(55)75-4)25-42(24-37)64-59(72)35(2)22-52(69)36(3)63-56(70)15-9-10-16-57(71)78-58-50(67)19-20-51(58)68/h5-8,11-14,19-21,23-25,28-31,35-36,43-44,58H,9-10,15-18,22,26-27,32-33H2,1-4H3,(H,63,70)(H,64,72)/t35-,36+,43-,44+/m1/s1. The number of nitrogens with one attached hydrogen (secondary N) is 2. The number of esters is 1. The van der Waals surface area contributed by atoms with Crippen LogP contribution in [0.1, 0.15) is 106 Å². The Morgan fingerprint density at radius 3 is 2.09 bits per heavy atom. The molecule has 4 aliphatic heterocycles. The minimum absolute atomic E-state index is 0.0116. The van der Waals surface area contributed by atoms with Crippen molar-refractivity contribution in [1.29, 1.82) is 0 Å². The maximum Gasteiger partial charge on any atom is 0.306 e. The Morgan fingerprint density at radius 1 is 0.718 bits per heavy atom. The lowest BCUT2D eigenvalue weighted by atomic mass is 9.99. The van der Waals surface area contributed by atoms with Gasteiger partial charge in [-0.05, 0) is 140 Å². The van der Waals surface area contributed by atoms with E-state index in [2.05, 4.69) is 16.7 Å². The molecule has 0 radical (unpaired) electrons. The van der Waals surface area contributed by atoms with Crippen LogP contribution in [0, 0.1) is 12.8 Å². The molecule has 4 amide bonds. The number of rotatable bonds is 19. The number of ketones is 3. The molecule has 400 valence electrons. The molecule has 0 aromatic heterocycles. The molecule has 4 atom stereocenters. The van der Waals surface area contributed by atoms with Crippen molar-refractivity contribution in [2.75, 3.05) is 22.2 Å². The first-order valence-electron chi connectivity index (χ1n) is 26.3. The lowest BCUT2D eigenvalue weighted by molar-refractivity contribution is -0.156. The average Bonchev–Trinajstić information content (AvgIpc) is 4.10. The summed E-state index contributed by atoms with van der Waals surface area (Å²) in [5.74, 6) is -2.79. The van der Waals surface area contributed by atoms with E-state index >= 15 is 0 Å². The number of carbonyl (C=O) groups excluding carboxylic acids is 8. The zero-order valence-corrected chi connectivity index (χ0v) is 43.8. The zero-order valence-electron chi connectivity index (χ0n) is 43.8. The highest BCUT2D eigenvalue weighted by Gasteiger charge is 2.39. The van der Waals surface area contributed by atoms with Crippen molar-refractivity contribution >= 4 is 75.9 Å². The van der Waals surface area contributed by atoms with Gasteiger partial charge in [0.25, 0.3) is 11.8 Å². The van der Waals surface area contributed by atoms with Crippen LogP contribution in [-0.2, 0) is 66.0 Å². The Kier molecular flexibility index (Phi) is 15.2. The molecule has 5 aliphatic rings. The van der Waals surface area contributed by atoms with Crippen molar-refractivity contribution in [3.05, 3.63) is 148 Å². The highest BCUT2D eigenvalue weighted by molar-refractivity contribution is 6.22. The van der Waals surface area contributed by atoms with Gasteiger partial charge in [0.05, 0.1) is 30.4 Å². The summed E-state index contributed by atoms with van der Waals surface area (Å²) in [7, 11) is 1.53. The minimum Gasteiger partial charge on any atom is -0.493 e. The third-order valence-corrected chi connectivity index (χ3v) is 14.9. The number of benzene rings is 5. The van der Waals surface area contributed by atoms with Crippen LogP contribution in [0.15, 0.2) is 108 Å². The molecule has 5 aromatic carbocycles. The number of hydrogen-bond donors (Lipinski definition) is 2. The maximum atomic E-state index is 14.2. The lowest BCUT2D eigenvalue weighted by Gasteiger charge is -2.23. The lowest BCUT2D eigenvalue weighted by Crippen LogP contribution is -2.39. The smallest absolute Gasteiger partial charge is 0.306 e. The molecule has 0 saturated carbocycles. The fraction of sp³-hybridized carbons (Fsp3) is 0.328. The van der Waals surface area contributed by atoms with Crippen LogP contribution < -0.4 is 34.6 Å². The average molecular weight is 1050 g/mol. The summed E-state index contributed by atoms with van der Waals surface area (Å²) < 4.78 is 23.7. The molecule has 0 fully saturated rings. The van der Waals surface area contributed by atoms with Crippen molar-refractivity contribution in [2.45, 2.75) is 116 Å². The van der Waals surface area contributed by atoms with Crippen LogP contribution in [0.25, 0.3) is 0 Å². The van der Waals surface area contributed by atoms with Gasteiger partial charge in [0, 0.05) is 72.5 Å². The second-order valence-electron chi connectivity index (χ2n) is 20.5. The predicted molar refractivity (Wildman–Crippen MR) is 290 cm³/mol. The Bertz CT molecular complexity index is 3350. The van der Waals surface area contributed by atoms with E-state index in [4.69, 9.17) is 23.9 Å². The molecular weight excluding hydrogens is 995 g/mol. The molecule has 17 nitrogen and oxygen atoms in total. The van der Waals surface area contributed by atoms with Crippen molar-refractivity contribution in [1.82, 2.24) is 5.32 Å². The summed E-state index contributed by atoms with van der Waals surface area (Å²) in [6, 6.07) is 27.5. The number of nitrogens with zero attached hydrogens (tertiary/aromatic N) is 3. The Labute approximate surface area is 451 Å². The number of para-hydroxylation sites is 2. The quantitative estimate of drug-likeness (QED) is 0.0455. The molecule has 0 spiro atoms. The molecular formula is C61H59N5O12. The second kappa shape index (κ2) is 22.5. The molecule has 17 heteroatoms. The highest BCUT2D eigenvalue weighted by Crippen LogP contribution is 2.42. The van der Waals surface area contributed by atoms with E-state index in [-0.39, 0.29) is 75.0 Å². The van der Waals surface area contributed by atoms with E-state index in [0.29, 0.717) is 63.7 Å². The van der Waals surface area contributed by atoms with Crippen LogP contribution in [0.4, 0.5) is 22.7 Å². The largest absolute Gasteiger partial charge is 0.493 e. The van der Waals surface area contributed by atoms with Crippen molar-refractivity contribution in [2.24, 2.45) is 10.9 Å². The van der Waals surface area contributed by atoms with Gasteiger partial charge < -0.3 is 34.5 Å². The van der Waals surface area contributed by atoms with Gasteiger partial charge in [0.15, 0.2) is 17.3 Å². The number of ether oxygens (including phenoxy) is 4. The number of amides is 4. The number of aliphatic imine (C=N–C) groups is 1. The number of hydrogen-bond acceptors (Lipinski definition) is 13. The monoisotopic (exact) mass is 1050 g/mol. The third kappa shape index (κ3) is 11.1. The number of aryl methyl sites for hydroxylation is 2. The SMILES string of the molecule is COc1cc2c(cc1OCc1cc(COc3cc4c(cc3C)C(=O)N3c5ccccc5C[C@H]3C=N4)cc(NC(=O)[C@H](C)CC(=O)[C@H](C)NC(=O)CCCCC(=O)OC3C(=O)C=CC3=O)c1)CC[C@@H]1Cc3ccccc3N1C2=O. The van der Waals surface area contributed by atoms with Crippen molar-refractivity contribution in [3.63, 3.8) is 0 Å². The van der Waals surface area contributed by atoms with Gasteiger partial charge in [-0.3, -0.25) is 48.2 Å². The summed E-state index contributed by atoms with van der Waals surface area (Å²) in [5, 5.41) is 5.64. The van der Waals surface area contributed by atoms with Gasteiger partial charge >= 0.3 is 5.97 Å². The van der Waals surface area contributed by atoms with Gasteiger partial charge in [0.2, 0.25) is 29.5 Å². The van der Waals surface area contributed by atoms with E-state index in [1.807, 2.05) is 72.6 Å². The predicted octanol–water partition coefficient (Wildman–Crippen LogP) is 8.19. The summed E-state index contributed by atoms with van der Waals surface area (Å²) >= 11 is 0. The topological polar surface area (TPSA) is 216 Å². The molecule has 10 rings (SSSR count). The van der Waals surface area contributed by atoms with Crippen LogP contribution in [0.5, 0.6) is 17.2 Å². The number of fused-ring (bicyclic) bond motifs is 8. The fourth-order valence-corrected chi connectivity index (χ4v) is 10.8. The maximum absolute atomic E-state index is 14.2. The number of Topliss-reactive ketones (excluding diaryl/α,β-unsaturated/α-hetero) is 1. The molecule has 5 aromatic rings. The van der Waals surface area contributed by atoms with Crippen LogP contribution >= 0.6 is 0 Å². The van der Waals surface area contributed by atoms with E-state index in [0.717, 1.165) is 58.6 Å². The zero-order chi connectivity index (χ0) is 54.8. The first kappa shape index (κ1) is 52.7. The number of anilines is 3. The van der Waals surface area contributed by atoms with Gasteiger partial charge in [-0.2, -0.15) is 0 Å². The summed E-state index contributed by atoms with van der Waals surface area (Å²) in [6.45, 7) is 5.12. The first-order chi connectivity index (χ1) is 37.6. The molecule has 0 bridgehead atoms. The Balaban J connectivity index is 0.816. The summed E-state index contributed by atoms with van der Waals surface area (Å²) in [4.78, 5) is 112.